The molecule has 24 heavy (non-hydrogen) atoms. The van der Waals surface area contributed by atoms with E-state index in [1.807, 2.05) is 36.4 Å². The van der Waals surface area contributed by atoms with Crippen LogP contribution < -0.4 is 11.5 Å². The number of aromatic nitrogens is 2. The molecule has 2 aromatic heterocycles. The molecule has 0 unspecified atom stereocenters. The van der Waals surface area contributed by atoms with Gasteiger partial charge in [0.25, 0.3) is 0 Å². The van der Waals surface area contributed by atoms with E-state index in [-0.39, 0.29) is 11.7 Å². The number of nitrogens with zero attached hydrogens (tertiary/aromatic N) is 2. The molecule has 0 bridgehead atoms. The molecule has 0 aliphatic carbocycles. The minimum absolute atomic E-state index is 0.00547. The van der Waals surface area contributed by atoms with Gasteiger partial charge in [0.05, 0.1) is 5.69 Å². The summed E-state index contributed by atoms with van der Waals surface area (Å²) >= 11 is 0. The van der Waals surface area contributed by atoms with Crippen molar-refractivity contribution >= 4 is 11.7 Å². The Labute approximate surface area is 139 Å². The molecule has 2 heterocycles. The van der Waals surface area contributed by atoms with E-state index in [1.54, 1.807) is 24.5 Å². The zero-order valence-corrected chi connectivity index (χ0v) is 12.8. The quantitative estimate of drug-likeness (QED) is 0.435. The van der Waals surface area contributed by atoms with Crippen LogP contribution in [0, 0.1) is 10.8 Å². The normalized spacial score (nSPS) is 10.3. The van der Waals surface area contributed by atoms with Crippen molar-refractivity contribution in [2.24, 2.45) is 11.5 Å². The van der Waals surface area contributed by atoms with Gasteiger partial charge >= 0.3 is 0 Å². The molecule has 0 amide bonds. The number of pyridine rings is 2. The first-order valence-electron chi connectivity index (χ1n) is 7.26. The molecule has 6 nitrogen and oxygen atoms in total. The van der Waals surface area contributed by atoms with Crippen LogP contribution in [0.5, 0.6) is 0 Å². The van der Waals surface area contributed by atoms with Crippen molar-refractivity contribution in [1.29, 1.82) is 10.8 Å². The Hall–Kier alpha value is -3.54. The SMILES string of the molecule is N=C(N)c1ccc(-c2ccc(-c3ccc(C(=N)N)nc3)cc2)nc1. The fourth-order valence-electron chi connectivity index (χ4n) is 2.28. The molecule has 0 saturated carbocycles. The highest BCUT2D eigenvalue weighted by Gasteiger charge is 2.04. The predicted octanol–water partition coefficient (Wildman–Crippen LogP) is 2.38. The van der Waals surface area contributed by atoms with Crippen LogP contribution in [0.25, 0.3) is 22.4 Å². The monoisotopic (exact) mass is 316 g/mol. The topological polar surface area (TPSA) is 126 Å². The van der Waals surface area contributed by atoms with Gasteiger partial charge in [0.15, 0.2) is 0 Å². The number of nitrogens with one attached hydrogen (secondary N) is 2. The van der Waals surface area contributed by atoms with Crippen LogP contribution in [-0.2, 0) is 0 Å². The summed E-state index contributed by atoms with van der Waals surface area (Å²) in [4.78, 5) is 8.50. The van der Waals surface area contributed by atoms with Gasteiger partial charge in [0.2, 0.25) is 0 Å². The zero-order chi connectivity index (χ0) is 17.1. The van der Waals surface area contributed by atoms with Crippen LogP contribution in [-0.4, -0.2) is 21.6 Å². The number of nitrogens with two attached hydrogens (primary N) is 2. The summed E-state index contributed by atoms with van der Waals surface area (Å²) in [5, 5.41) is 14.7. The lowest BCUT2D eigenvalue weighted by Crippen LogP contribution is -2.12. The number of amidine groups is 2. The van der Waals surface area contributed by atoms with Gasteiger partial charge in [-0.1, -0.05) is 30.3 Å². The van der Waals surface area contributed by atoms with Crippen LogP contribution >= 0.6 is 0 Å². The Morgan fingerprint density at radius 1 is 0.667 bits per heavy atom. The predicted molar refractivity (Wildman–Crippen MR) is 94.9 cm³/mol. The highest BCUT2D eigenvalue weighted by atomic mass is 14.8. The lowest BCUT2D eigenvalue weighted by Gasteiger charge is -2.06. The average Bonchev–Trinajstić information content (AvgIpc) is 2.62. The van der Waals surface area contributed by atoms with Gasteiger partial charge in [-0.15, -0.1) is 0 Å². The molecule has 0 spiro atoms. The van der Waals surface area contributed by atoms with Crippen molar-refractivity contribution in [2.75, 3.05) is 0 Å². The first kappa shape index (κ1) is 15.4. The summed E-state index contributed by atoms with van der Waals surface area (Å²) in [5.74, 6) is -0.0390. The molecule has 0 fully saturated rings. The summed E-state index contributed by atoms with van der Waals surface area (Å²) in [6, 6.07) is 15.2. The number of nitrogen functional groups attached to an aromatic ring is 2. The molecule has 3 rings (SSSR count). The summed E-state index contributed by atoms with van der Waals surface area (Å²) in [7, 11) is 0. The molecule has 0 atom stereocenters. The summed E-state index contributed by atoms with van der Waals surface area (Å²) < 4.78 is 0. The van der Waals surface area contributed by atoms with Crippen LogP contribution in [0.4, 0.5) is 0 Å². The van der Waals surface area contributed by atoms with Gasteiger partial charge in [0.1, 0.15) is 17.4 Å². The smallest absolute Gasteiger partial charge is 0.141 e. The third-order valence-electron chi connectivity index (χ3n) is 3.63. The standard InChI is InChI=1S/C18H16N6/c19-17(20)14-6-7-15(23-10-14)12-3-1-11(2-4-12)13-5-8-16(18(21)22)24-9-13/h1-10H,(H3,19,20)(H3,21,22). The van der Waals surface area contributed by atoms with Crippen molar-refractivity contribution in [3.63, 3.8) is 0 Å². The fourth-order valence-corrected chi connectivity index (χ4v) is 2.28. The molecule has 0 aliphatic heterocycles. The summed E-state index contributed by atoms with van der Waals surface area (Å²) in [6.07, 6.45) is 3.29. The third-order valence-corrected chi connectivity index (χ3v) is 3.63. The second kappa shape index (κ2) is 6.29. The van der Waals surface area contributed by atoms with Gasteiger partial charge < -0.3 is 11.5 Å². The highest BCUT2D eigenvalue weighted by molar-refractivity contribution is 5.95. The number of hydrogen-bond donors (Lipinski definition) is 4. The maximum atomic E-state index is 7.39. The number of benzene rings is 1. The Morgan fingerprint density at radius 3 is 1.83 bits per heavy atom. The van der Waals surface area contributed by atoms with E-state index < -0.39 is 0 Å². The molecule has 0 saturated heterocycles. The van der Waals surface area contributed by atoms with E-state index in [4.69, 9.17) is 22.3 Å². The molecule has 6 N–H and O–H groups in total. The molecule has 3 aromatic rings. The molecular weight excluding hydrogens is 300 g/mol. The number of hydrogen-bond acceptors (Lipinski definition) is 4. The Kier molecular flexibility index (Phi) is 4.03. The fraction of sp³-hybridized carbons (Fsp3) is 0. The van der Waals surface area contributed by atoms with Crippen molar-refractivity contribution in [1.82, 2.24) is 9.97 Å². The van der Waals surface area contributed by atoms with Crippen LogP contribution in [0.3, 0.4) is 0 Å². The lowest BCUT2D eigenvalue weighted by atomic mass is 10.0. The minimum Gasteiger partial charge on any atom is -0.384 e. The third kappa shape index (κ3) is 3.12. The molecular formula is C18H16N6. The summed E-state index contributed by atoms with van der Waals surface area (Å²) in [6.45, 7) is 0. The van der Waals surface area contributed by atoms with Crippen LogP contribution in [0.15, 0.2) is 60.9 Å². The van der Waals surface area contributed by atoms with E-state index in [0.717, 1.165) is 22.4 Å². The van der Waals surface area contributed by atoms with Crippen molar-refractivity contribution < 1.29 is 0 Å². The molecule has 0 radical (unpaired) electrons. The largest absolute Gasteiger partial charge is 0.384 e. The van der Waals surface area contributed by atoms with Crippen molar-refractivity contribution in [3.05, 3.63) is 72.2 Å². The molecule has 6 heteroatoms. The maximum Gasteiger partial charge on any atom is 0.141 e. The maximum absolute atomic E-state index is 7.39. The van der Waals surface area contributed by atoms with E-state index in [0.29, 0.717) is 11.3 Å². The van der Waals surface area contributed by atoms with E-state index >= 15 is 0 Å². The van der Waals surface area contributed by atoms with Crippen LogP contribution in [0.2, 0.25) is 0 Å². The number of rotatable bonds is 4. The molecule has 118 valence electrons. The molecule has 1 aromatic carbocycles. The minimum atomic E-state index is -0.0445. The Balaban J connectivity index is 1.84. The van der Waals surface area contributed by atoms with Gasteiger partial charge in [-0.05, 0) is 23.8 Å². The second-order valence-corrected chi connectivity index (χ2v) is 5.27. The van der Waals surface area contributed by atoms with Gasteiger partial charge in [-0.25, -0.2) is 0 Å². The first-order valence-corrected chi connectivity index (χ1v) is 7.26. The second-order valence-electron chi connectivity index (χ2n) is 5.27. The zero-order valence-electron chi connectivity index (χ0n) is 12.8. The molecule has 0 aliphatic rings. The summed E-state index contributed by atoms with van der Waals surface area (Å²) in [5.41, 5.74) is 15.7. The van der Waals surface area contributed by atoms with Crippen molar-refractivity contribution in [2.45, 2.75) is 0 Å². The first-order chi connectivity index (χ1) is 11.5. The van der Waals surface area contributed by atoms with Gasteiger partial charge in [-0.2, -0.15) is 0 Å². The average molecular weight is 316 g/mol. The van der Waals surface area contributed by atoms with E-state index in [9.17, 15) is 0 Å². The van der Waals surface area contributed by atoms with Gasteiger partial charge in [-0.3, -0.25) is 20.8 Å². The lowest BCUT2D eigenvalue weighted by molar-refractivity contribution is 1.26. The van der Waals surface area contributed by atoms with Crippen molar-refractivity contribution in [3.8, 4) is 22.4 Å². The Bertz CT molecular complexity index is 804. The van der Waals surface area contributed by atoms with Crippen LogP contribution in [0.1, 0.15) is 11.3 Å². The highest BCUT2D eigenvalue weighted by Crippen LogP contribution is 2.23. The van der Waals surface area contributed by atoms with Gasteiger partial charge in [0, 0.05) is 29.1 Å². The van der Waals surface area contributed by atoms with E-state index in [1.165, 1.54) is 0 Å². The Morgan fingerprint density at radius 2 is 1.33 bits per heavy atom. The van der Waals surface area contributed by atoms with E-state index in [2.05, 4.69) is 9.97 Å².